The molecule has 0 aliphatic carbocycles. The first-order chi connectivity index (χ1) is 9.60. The summed E-state index contributed by atoms with van der Waals surface area (Å²) >= 11 is 3.34. The maximum Gasteiger partial charge on any atom is 0.255 e. The molecule has 0 bridgehead atoms. The van der Waals surface area contributed by atoms with Crippen molar-refractivity contribution >= 4 is 38.9 Å². The van der Waals surface area contributed by atoms with Crippen molar-refractivity contribution in [3.05, 3.63) is 52.5 Å². The van der Waals surface area contributed by atoms with Crippen molar-refractivity contribution in [1.29, 1.82) is 0 Å². The normalized spacial score (nSPS) is 10.7. The number of anilines is 2. The molecule has 2 aromatic carbocycles. The Kier molecular flexibility index (Phi) is 4.47. The van der Waals surface area contributed by atoms with Crippen molar-refractivity contribution in [2.45, 2.75) is 0 Å². The zero-order valence-corrected chi connectivity index (χ0v) is 12.4. The van der Waals surface area contributed by atoms with Gasteiger partial charge in [0, 0.05) is 22.8 Å². The summed E-state index contributed by atoms with van der Waals surface area (Å²) in [7, 11) is 1.55. The van der Waals surface area contributed by atoms with Crippen molar-refractivity contribution in [2.24, 2.45) is 10.2 Å². The molecule has 0 aliphatic rings. The van der Waals surface area contributed by atoms with Gasteiger partial charge in [0.25, 0.3) is 5.91 Å². The van der Waals surface area contributed by atoms with Crippen molar-refractivity contribution < 1.29 is 4.79 Å². The molecular formula is C14H13BrN4O. The summed E-state index contributed by atoms with van der Waals surface area (Å²) in [6, 6.07) is 12.2. The smallest absolute Gasteiger partial charge is 0.255 e. The molecule has 0 atom stereocenters. The summed E-state index contributed by atoms with van der Waals surface area (Å²) in [6.45, 7) is 0. The van der Waals surface area contributed by atoms with Gasteiger partial charge < -0.3 is 11.1 Å². The third-order valence-electron chi connectivity index (χ3n) is 2.60. The van der Waals surface area contributed by atoms with Gasteiger partial charge >= 0.3 is 0 Å². The number of carbonyl (C=O) groups excluding carboxylic acids is 1. The van der Waals surface area contributed by atoms with Crippen molar-refractivity contribution in [2.75, 3.05) is 18.1 Å². The Bertz CT molecular complexity index is 653. The number of carbonyl (C=O) groups is 1. The van der Waals surface area contributed by atoms with E-state index in [0.717, 1.165) is 4.47 Å². The van der Waals surface area contributed by atoms with Gasteiger partial charge in [-0.15, -0.1) is 0 Å². The summed E-state index contributed by atoms with van der Waals surface area (Å²) in [5, 5.41) is 10.4. The zero-order valence-electron chi connectivity index (χ0n) is 10.8. The first kappa shape index (κ1) is 14.2. The van der Waals surface area contributed by atoms with Crippen LogP contribution in [0.15, 0.2) is 57.2 Å². The molecule has 3 N–H and O–H groups in total. The van der Waals surface area contributed by atoms with E-state index in [1.165, 1.54) is 0 Å². The van der Waals surface area contributed by atoms with Crippen LogP contribution in [0.3, 0.4) is 0 Å². The predicted molar refractivity (Wildman–Crippen MR) is 83.4 cm³/mol. The summed E-state index contributed by atoms with van der Waals surface area (Å²) < 4.78 is 0.952. The molecule has 0 fully saturated rings. The number of nitrogens with zero attached hydrogens (tertiary/aromatic N) is 2. The van der Waals surface area contributed by atoms with Crippen LogP contribution in [-0.2, 0) is 0 Å². The van der Waals surface area contributed by atoms with E-state index < -0.39 is 0 Å². The molecule has 0 aliphatic heterocycles. The monoisotopic (exact) mass is 332 g/mol. The number of nitrogens with two attached hydrogens (primary N) is 1. The summed E-state index contributed by atoms with van der Waals surface area (Å²) in [4.78, 5) is 12.1. The standard InChI is InChI=1S/C14H13BrN4O/c1-17-19-13-8-9(2-7-12(13)16)14(20)18-11-5-3-10(15)4-6-11/h2-8H,16H2,1H3,(H,18,20)/b19-17-. The average molecular weight is 333 g/mol. The van der Waals surface area contributed by atoms with Gasteiger partial charge in [-0.2, -0.15) is 10.2 Å². The van der Waals surface area contributed by atoms with Crippen LogP contribution in [-0.4, -0.2) is 13.0 Å². The fourth-order valence-electron chi connectivity index (χ4n) is 1.62. The lowest BCUT2D eigenvalue weighted by Gasteiger charge is -2.07. The van der Waals surface area contributed by atoms with E-state index in [9.17, 15) is 4.79 Å². The van der Waals surface area contributed by atoms with Gasteiger partial charge in [0.05, 0.1) is 5.69 Å². The van der Waals surface area contributed by atoms with Crippen LogP contribution in [0.1, 0.15) is 10.4 Å². The highest BCUT2D eigenvalue weighted by atomic mass is 79.9. The molecule has 0 saturated carbocycles. The number of nitrogen functional groups attached to an aromatic ring is 1. The van der Waals surface area contributed by atoms with E-state index in [1.807, 2.05) is 24.3 Å². The molecule has 0 spiro atoms. The van der Waals surface area contributed by atoms with Gasteiger partial charge in [0.2, 0.25) is 0 Å². The highest BCUT2D eigenvalue weighted by molar-refractivity contribution is 9.10. The van der Waals surface area contributed by atoms with Crippen molar-refractivity contribution in [3.63, 3.8) is 0 Å². The number of nitrogens with one attached hydrogen (secondary N) is 1. The molecule has 2 aromatic rings. The predicted octanol–water partition coefficient (Wildman–Crippen LogP) is 4.00. The van der Waals surface area contributed by atoms with Crippen LogP contribution in [0, 0.1) is 0 Å². The molecule has 0 aromatic heterocycles. The molecule has 0 radical (unpaired) electrons. The molecule has 5 nitrogen and oxygen atoms in total. The Balaban J connectivity index is 2.21. The number of amides is 1. The Morgan fingerprint density at radius 2 is 1.90 bits per heavy atom. The maximum absolute atomic E-state index is 12.1. The van der Waals surface area contributed by atoms with Crippen LogP contribution in [0.2, 0.25) is 0 Å². The van der Waals surface area contributed by atoms with Crippen LogP contribution in [0.5, 0.6) is 0 Å². The van der Waals surface area contributed by atoms with Gasteiger partial charge in [0.15, 0.2) is 0 Å². The Morgan fingerprint density at radius 3 is 2.55 bits per heavy atom. The van der Waals surface area contributed by atoms with Gasteiger partial charge in [-0.05, 0) is 42.5 Å². The van der Waals surface area contributed by atoms with E-state index in [-0.39, 0.29) is 5.91 Å². The van der Waals surface area contributed by atoms with E-state index in [0.29, 0.717) is 22.6 Å². The van der Waals surface area contributed by atoms with E-state index in [4.69, 9.17) is 5.73 Å². The average Bonchev–Trinajstić information content (AvgIpc) is 2.44. The van der Waals surface area contributed by atoms with Crippen LogP contribution in [0.25, 0.3) is 0 Å². The van der Waals surface area contributed by atoms with Gasteiger partial charge in [-0.1, -0.05) is 15.9 Å². The van der Waals surface area contributed by atoms with Crippen LogP contribution >= 0.6 is 15.9 Å². The lowest BCUT2D eigenvalue weighted by atomic mass is 10.1. The number of hydrogen-bond acceptors (Lipinski definition) is 4. The molecule has 0 heterocycles. The third kappa shape index (κ3) is 3.42. The Labute approximate surface area is 125 Å². The number of rotatable bonds is 3. The fourth-order valence-corrected chi connectivity index (χ4v) is 1.88. The molecule has 2 rings (SSSR count). The molecule has 20 heavy (non-hydrogen) atoms. The number of halogens is 1. The summed E-state index contributed by atoms with van der Waals surface area (Å²) in [6.07, 6.45) is 0. The number of hydrogen-bond donors (Lipinski definition) is 2. The molecule has 0 saturated heterocycles. The Hall–Kier alpha value is -2.21. The molecule has 6 heteroatoms. The minimum absolute atomic E-state index is 0.222. The maximum atomic E-state index is 12.1. The SMILES string of the molecule is C/N=N\c1cc(C(=O)Nc2ccc(Br)cc2)ccc1N. The van der Waals surface area contributed by atoms with E-state index in [1.54, 1.807) is 25.2 Å². The first-order valence-corrected chi connectivity index (χ1v) is 6.66. The van der Waals surface area contributed by atoms with Gasteiger partial charge in [-0.25, -0.2) is 0 Å². The topological polar surface area (TPSA) is 79.8 Å². The molecular weight excluding hydrogens is 320 g/mol. The zero-order chi connectivity index (χ0) is 14.5. The van der Waals surface area contributed by atoms with Crippen molar-refractivity contribution in [1.82, 2.24) is 0 Å². The highest BCUT2D eigenvalue weighted by Crippen LogP contribution is 2.24. The summed E-state index contributed by atoms with van der Waals surface area (Å²) in [5.74, 6) is -0.222. The largest absolute Gasteiger partial charge is 0.397 e. The second-order valence-electron chi connectivity index (χ2n) is 4.03. The number of azo groups is 1. The van der Waals surface area contributed by atoms with Crippen molar-refractivity contribution in [3.8, 4) is 0 Å². The Morgan fingerprint density at radius 1 is 1.20 bits per heavy atom. The van der Waals surface area contributed by atoms with E-state index >= 15 is 0 Å². The fraction of sp³-hybridized carbons (Fsp3) is 0.0714. The summed E-state index contributed by atoms with van der Waals surface area (Å²) in [5.41, 5.74) is 7.91. The second kappa shape index (κ2) is 6.29. The van der Waals surface area contributed by atoms with Gasteiger partial charge in [0.1, 0.15) is 5.69 Å². The molecule has 102 valence electrons. The minimum atomic E-state index is -0.222. The second-order valence-corrected chi connectivity index (χ2v) is 4.95. The highest BCUT2D eigenvalue weighted by Gasteiger charge is 2.08. The third-order valence-corrected chi connectivity index (χ3v) is 3.13. The lowest BCUT2D eigenvalue weighted by Crippen LogP contribution is -2.11. The lowest BCUT2D eigenvalue weighted by molar-refractivity contribution is 0.102. The van der Waals surface area contributed by atoms with Crippen LogP contribution in [0.4, 0.5) is 17.1 Å². The number of benzene rings is 2. The molecule has 0 unspecified atom stereocenters. The van der Waals surface area contributed by atoms with Gasteiger partial charge in [-0.3, -0.25) is 4.79 Å². The first-order valence-electron chi connectivity index (χ1n) is 5.86. The van der Waals surface area contributed by atoms with E-state index in [2.05, 4.69) is 31.5 Å². The molecule has 1 amide bonds. The minimum Gasteiger partial charge on any atom is -0.397 e. The quantitative estimate of drug-likeness (QED) is 0.658. The van der Waals surface area contributed by atoms with Crippen LogP contribution < -0.4 is 11.1 Å².